The van der Waals surface area contributed by atoms with Gasteiger partial charge in [-0.25, -0.2) is 0 Å². The van der Waals surface area contributed by atoms with E-state index in [0.717, 1.165) is 13.0 Å². The van der Waals surface area contributed by atoms with Gasteiger partial charge in [0, 0.05) is 6.54 Å². The summed E-state index contributed by atoms with van der Waals surface area (Å²) in [7, 11) is 3.93. The predicted molar refractivity (Wildman–Crippen MR) is 100 cm³/mol. The Kier molecular flexibility index (Phi) is 6.13. The summed E-state index contributed by atoms with van der Waals surface area (Å²) >= 11 is 0. The highest BCUT2D eigenvalue weighted by atomic mass is 16.5. The quantitative estimate of drug-likeness (QED) is 0.794. The van der Waals surface area contributed by atoms with Gasteiger partial charge in [0.15, 0.2) is 0 Å². The fraction of sp³-hybridized carbons (Fsp3) is 0.667. The number of rotatable bonds is 6. The third-order valence-corrected chi connectivity index (χ3v) is 5.72. The number of likely N-dealkylation sites (tertiary alicyclic amines) is 1. The van der Waals surface area contributed by atoms with Crippen molar-refractivity contribution < 1.29 is 9.53 Å². The van der Waals surface area contributed by atoms with Gasteiger partial charge in [-0.05, 0) is 44.3 Å². The summed E-state index contributed by atoms with van der Waals surface area (Å²) in [4.78, 5) is 16.8. The van der Waals surface area contributed by atoms with Crippen LogP contribution in [0.5, 0.6) is 0 Å². The summed E-state index contributed by atoms with van der Waals surface area (Å²) in [6.07, 6.45) is 7.63. The van der Waals surface area contributed by atoms with Crippen molar-refractivity contribution in [3.8, 4) is 0 Å². The number of hydrogen-bond acceptors (Lipinski definition) is 3. The van der Waals surface area contributed by atoms with Gasteiger partial charge in [-0.3, -0.25) is 4.79 Å². The molecule has 1 spiro atoms. The van der Waals surface area contributed by atoms with E-state index in [9.17, 15) is 4.79 Å². The lowest BCUT2D eigenvalue weighted by Gasteiger charge is -2.33. The molecular formula is C21H32N2O2. The Bertz CT molecular complexity index is 552. The van der Waals surface area contributed by atoms with Crippen LogP contribution in [0.1, 0.15) is 44.1 Å². The van der Waals surface area contributed by atoms with Crippen LogP contribution in [0.4, 0.5) is 0 Å². The second-order valence-corrected chi connectivity index (χ2v) is 8.18. The van der Waals surface area contributed by atoms with Crippen molar-refractivity contribution in [1.82, 2.24) is 9.80 Å². The first-order chi connectivity index (χ1) is 12.1. The topological polar surface area (TPSA) is 32.8 Å². The van der Waals surface area contributed by atoms with E-state index in [-0.39, 0.29) is 11.9 Å². The van der Waals surface area contributed by atoms with Crippen LogP contribution >= 0.6 is 0 Å². The number of amides is 1. The average Bonchev–Trinajstić information content (AvgIpc) is 2.94. The minimum Gasteiger partial charge on any atom is -0.375 e. The van der Waals surface area contributed by atoms with Gasteiger partial charge in [0.1, 0.15) is 0 Å². The predicted octanol–water partition coefficient (Wildman–Crippen LogP) is 3.32. The fourth-order valence-electron chi connectivity index (χ4n) is 4.52. The van der Waals surface area contributed by atoms with Gasteiger partial charge in [0.2, 0.25) is 5.91 Å². The standard InChI is InChI=1S/C21H32N2O2/c1-22(2)14-20(24)23-17-21(11-7-4-8-12-21)13-19(23)16-25-15-18-9-5-3-6-10-18/h3,5-6,9-10,19H,4,7-8,11-17H2,1-2H3. The summed E-state index contributed by atoms with van der Waals surface area (Å²) in [6.45, 7) is 2.69. The van der Waals surface area contributed by atoms with Crippen molar-refractivity contribution in [2.45, 2.75) is 51.2 Å². The van der Waals surface area contributed by atoms with Crippen LogP contribution in [0.15, 0.2) is 30.3 Å². The van der Waals surface area contributed by atoms with Crippen molar-refractivity contribution in [1.29, 1.82) is 0 Å². The number of ether oxygens (including phenoxy) is 1. The molecule has 25 heavy (non-hydrogen) atoms. The van der Waals surface area contributed by atoms with E-state index in [1.165, 1.54) is 37.7 Å². The van der Waals surface area contributed by atoms with E-state index in [1.54, 1.807) is 0 Å². The number of carbonyl (C=O) groups excluding carboxylic acids is 1. The molecule has 3 rings (SSSR count). The summed E-state index contributed by atoms with van der Waals surface area (Å²) in [6, 6.07) is 10.5. The minimum atomic E-state index is 0.231. The van der Waals surface area contributed by atoms with Crippen molar-refractivity contribution in [2.24, 2.45) is 5.41 Å². The van der Waals surface area contributed by atoms with Gasteiger partial charge < -0.3 is 14.5 Å². The van der Waals surface area contributed by atoms with Crippen molar-refractivity contribution >= 4 is 5.91 Å². The molecule has 0 aromatic heterocycles. The summed E-state index contributed by atoms with van der Waals surface area (Å²) in [5, 5.41) is 0. The smallest absolute Gasteiger partial charge is 0.237 e. The first-order valence-electron chi connectivity index (χ1n) is 9.64. The Morgan fingerprint density at radius 1 is 1.20 bits per heavy atom. The summed E-state index contributed by atoms with van der Waals surface area (Å²) < 4.78 is 6.02. The van der Waals surface area contributed by atoms with Crippen molar-refractivity contribution in [3.05, 3.63) is 35.9 Å². The van der Waals surface area contributed by atoms with Crippen LogP contribution < -0.4 is 0 Å². The number of carbonyl (C=O) groups is 1. The van der Waals surface area contributed by atoms with Crippen LogP contribution in [0.2, 0.25) is 0 Å². The third-order valence-electron chi connectivity index (χ3n) is 5.72. The highest BCUT2D eigenvalue weighted by Gasteiger charge is 2.45. The molecule has 4 nitrogen and oxygen atoms in total. The van der Waals surface area contributed by atoms with Gasteiger partial charge >= 0.3 is 0 Å². The van der Waals surface area contributed by atoms with Gasteiger partial charge in [-0.15, -0.1) is 0 Å². The number of benzene rings is 1. The van der Waals surface area contributed by atoms with E-state index in [1.807, 2.05) is 37.2 Å². The molecular weight excluding hydrogens is 312 g/mol. The Morgan fingerprint density at radius 2 is 1.92 bits per heavy atom. The van der Waals surface area contributed by atoms with Crippen LogP contribution in [0, 0.1) is 5.41 Å². The molecule has 2 fully saturated rings. The Labute approximate surface area is 152 Å². The molecule has 1 aromatic carbocycles. The SMILES string of the molecule is CN(C)CC(=O)N1CC2(CCCCC2)CC1COCc1ccccc1. The van der Waals surface area contributed by atoms with Gasteiger partial charge in [0.25, 0.3) is 0 Å². The van der Waals surface area contributed by atoms with Crippen LogP contribution in [0.3, 0.4) is 0 Å². The molecule has 1 aromatic rings. The average molecular weight is 344 g/mol. The maximum Gasteiger partial charge on any atom is 0.237 e. The lowest BCUT2D eigenvalue weighted by atomic mass is 9.73. The second kappa shape index (κ2) is 8.33. The molecule has 1 amide bonds. The summed E-state index contributed by atoms with van der Waals surface area (Å²) in [5.74, 6) is 0.251. The lowest BCUT2D eigenvalue weighted by Crippen LogP contribution is -2.43. The third kappa shape index (κ3) is 4.83. The molecule has 1 saturated heterocycles. The normalized spacial score (nSPS) is 22.7. The van der Waals surface area contributed by atoms with E-state index in [0.29, 0.717) is 25.2 Å². The fourth-order valence-corrected chi connectivity index (χ4v) is 4.52. The van der Waals surface area contributed by atoms with E-state index in [2.05, 4.69) is 17.0 Å². The molecule has 1 unspecified atom stereocenters. The molecule has 0 N–H and O–H groups in total. The van der Waals surface area contributed by atoms with Crippen LogP contribution in [-0.2, 0) is 16.1 Å². The molecule has 138 valence electrons. The largest absolute Gasteiger partial charge is 0.375 e. The maximum absolute atomic E-state index is 12.8. The lowest BCUT2D eigenvalue weighted by molar-refractivity contribution is -0.134. The van der Waals surface area contributed by atoms with Crippen LogP contribution in [-0.4, -0.2) is 55.5 Å². The Morgan fingerprint density at radius 3 is 2.60 bits per heavy atom. The van der Waals surface area contributed by atoms with E-state index < -0.39 is 0 Å². The van der Waals surface area contributed by atoms with Crippen molar-refractivity contribution in [3.63, 3.8) is 0 Å². The number of hydrogen-bond donors (Lipinski definition) is 0. The number of likely N-dealkylation sites (N-methyl/N-ethyl adjacent to an activating group) is 1. The molecule has 1 heterocycles. The number of nitrogens with zero attached hydrogens (tertiary/aromatic N) is 2. The first-order valence-corrected chi connectivity index (χ1v) is 9.64. The van der Waals surface area contributed by atoms with E-state index >= 15 is 0 Å². The van der Waals surface area contributed by atoms with Gasteiger partial charge in [-0.2, -0.15) is 0 Å². The second-order valence-electron chi connectivity index (χ2n) is 8.18. The highest BCUT2D eigenvalue weighted by Crippen LogP contribution is 2.46. The van der Waals surface area contributed by atoms with Crippen molar-refractivity contribution in [2.75, 3.05) is 33.8 Å². The van der Waals surface area contributed by atoms with Gasteiger partial charge in [0.05, 0.1) is 25.8 Å². The van der Waals surface area contributed by atoms with E-state index in [4.69, 9.17) is 4.74 Å². The zero-order valence-electron chi connectivity index (χ0n) is 15.7. The zero-order chi connectivity index (χ0) is 17.7. The monoisotopic (exact) mass is 344 g/mol. The van der Waals surface area contributed by atoms with Gasteiger partial charge in [-0.1, -0.05) is 49.6 Å². The molecule has 1 atom stereocenters. The zero-order valence-corrected chi connectivity index (χ0v) is 15.7. The molecule has 2 aliphatic rings. The molecule has 4 heteroatoms. The first kappa shape index (κ1) is 18.4. The summed E-state index contributed by atoms with van der Waals surface area (Å²) in [5.41, 5.74) is 1.54. The highest BCUT2D eigenvalue weighted by molar-refractivity contribution is 5.79. The maximum atomic E-state index is 12.8. The Hall–Kier alpha value is -1.39. The van der Waals surface area contributed by atoms with Crippen LogP contribution in [0.25, 0.3) is 0 Å². The molecule has 1 saturated carbocycles. The molecule has 1 aliphatic carbocycles. The molecule has 0 radical (unpaired) electrons. The Balaban J connectivity index is 1.61. The molecule has 0 bridgehead atoms. The minimum absolute atomic E-state index is 0.231. The molecule has 1 aliphatic heterocycles.